The molecule has 2 aromatic heterocycles. The molecule has 0 saturated heterocycles. The van der Waals surface area contributed by atoms with Crippen LogP contribution in [0.4, 0.5) is 0 Å². The Morgan fingerprint density at radius 1 is 1.47 bits per heavy atom. The predicted octanol–water partition coefficient (Wildman–Crippen LogP) is -0.243. The summed E-state index contributed by atoms with van der Waals surface area (Å²) >= 11 is 0. The molecule has 0 fully saturated rings. The van der Waals surface area contributed by atoms with E-state index in [9.17, 15) is 0 Å². The molecule has 2 heterocycles. The van der Waals surface area contributed by atoms with Crippen molar-refractivity contribution in [3.8, 4) is 5.69 Å². The second kappa shape index (κ2) is 3.74. The van der Waals surface area contributed by atoms with Gasteiger partial charge in [-0.05, 0) is 12.1 Å². The number of aromatic nitrogens is 4. The zero-order valence-corrected chi connectivity index (χ0v) is 7.65. The molecule has 0 saturated carbocycles. The van der Waals surface area contributed by atoms with Gasteiger partial charge in [0.05, 0.1) is 11.9 Å². The van der Waals surface area contributed by atoms with Crippen molar-refractivity contribution in [2.24, 2.45) is 10.9 Å². The summed E-state index contributed by atoms with van der Waals surface area (Å²) in [4.78, 5) is 7.81. The first-order valence-corrected chi connectivity index (χ1v) is 4.10. The topological polar surface area (TPSA) is 102 Å². The predicted molar refractivity (Wildman–Crippen MR) is 51.7 cm³/mol. The van der Waals surface area contributed by atoms with Crippen LogP contribution in [-0.4, -0.2) is 30.8 Å². The summed E-state index contributed by atoms with van der Waals surface area (Å²) in [5.74, 6) is -0.0276. The van der Waals surface area contributed by atoms with E-state index in [2.05, 4.69) is 20.2 Å². The fraction of sp³-hybridized carbons (Fsp3) is 0. The number of hydrogen-bond donors (Lipinski definition) is 2. The molecule has 0 unspecified atom stereocenters. The van der Waals surface area contributed by atoms with Crippen molar-refractivity contribution >= 4 is 5.84 Å². The third-order valence-corrected chi connectivity index (χ3v) is 1.80. The molecule has 7 nitrogen and oxygen atoms in total. The molecule has 7 heteroatoms. The van der Waals surface area contributed by atoms with E-state index in [-0.39, 0.29) is 5.84 Å². The van der Waals surface area contributed by atoms with Gasteiger partial charge in [-0.3, -0.25) is 4.98 Å². The van der Waals surface area contributed by atoms with Crippen LogP contribution in [-0.2, 0) is 0 Å². The van der Waals surface area contributed by atoms with Crippen LogP contribution in [0.1, 0.15) is 5.69 Å². The Labute approximate surface area is 84.9 Å². The molecule has 0 aliphatic carbocycles. The van der Waals surface area contributed by atoms with Gasteiger partial charge in [0.2, 0.25) is 0 Å². The van der Waals surface area contributed by atoms with Crippen LogP contribution in [0.25, 0.3) is 5.69 Å². The van der Waals surface area contributed by atoms with E-state index in [1.165, 1.54) is 6.33 Å². The largest absolute Gasteiger partial charge is 0.409 e. The minimum atomic E-state index is -0.0276. The van der Waals surface area contributed by atoms with Gasteiger partial charge in [0.25, 0.3) is 0 Å². The molecule has 0 bridgehead atoms. The third-order valence-electron chi connectivity index (χ3n) is 1.80. The highest BCUT2D eigenvalue weighted by Crippen LogP contribution is 2.04. The average molecular weight is 204 g/mol. The highest BCUT2D eigenvalue weighted by molar-refractivity contribution is 5.95. The van der Waals surface area contributed by atoms with Crippen molar-refractivity contribution in [2.45, 2.75) is 0 Å². The van der Waals surface area contributed by atoms with E-state index in [0.29, 0.717) is 5.69 Å². The minimum absolute atomic E-state index is 0.0276. The van der Waals surface area contributed by atoms with E-state index >= 15 is 0 Å². The second-order valence-corrected chi connectivity index (χ2v) is 2.73. The number of rotatable bonds is 2. The maximum atomic E-state index is 8.44. The minimum Gasteiger partial charge on any atom is -0.409 e. The van der Waals surface area contributed by atoms with Gasteiger partial charge in [-0.25, -0.2) is 9.67 Å². The van der Waals surface area contributed by atoms with Crippen molar-refractivity contribution in [1.82, 2.24) is 19.7 Å². The molecule has 2 rings (SSSR count). The first-order valence-electron chi connectivity index (χ1n) is 4.10. The van der Waals surface area contributed by atoms with E-state index < -0.39 is 0 Å². The summed E-state index contributed by atoms with van der Waals surface area (Å²) in [6.07, 6.45) is 4.54. The van der Waals surface area contributed by atoms with Crippen LogP contribution in [0.15, 0.2) is 36.1 Å². The Kier molecular flexibility index (Phi) is 2.28. The molecule has 0 aliphatic rings. The van der Waals surface area contributed by atoms with Crippen LogP contribution >= 0.6 is 0 Å². The van der Waals surface area contributed by atoms with E-state index in [4.69, 9.17) is 10.9 Å². The maximum Gasteiger partial charge on any atom is 0.188 e. The molecule has 0 aliphatic heterocycles. The van der Waals surface area contributed by atoms with Gasteiger partial charge in [0, 0.05) is 0 Å². The quantitative estimate of drug-likeness (QED) is 0.304. The summed E-state index contributed by atoms with van der Waals surface area (Å²) in [6.45, 7) is 0. The number of nitrogens with two attached hydrogens (primary N) is 1. The lowest BCUT2D eigenvalue weighted by atomic mass is 10.3. The lowest BCUT2D eigenvalue weighted by molar-refractivity contribution is 0.318. The fourth-order valence-electron chi connectivity index (χ4n) is 1.07. The van der Waals surface area contributed by atoms with Crippen molar-refractivity contribution in [1.29, 1.82) is 0 Å². The Morgan fingerprint density at radius 3 is 2.87 bits per heavy atom. The van der Waals surface area contributed by atoms with Crippen LogP contribution in [0, 0.1) is 0 Å². The molecule has 15 heavy (non-hydrogen) atoms. The van der Waals surface area contributed by atoms with Gasteiger partial charge in [0.1, 0.15) is 18.3 Å². The van der Waals surface area contributed by atoms with Gasteiger partial charge in [0.15, 0.2) is 5.84 Å². The normalized spacial score (nSPS) is 11.6. The van der Waals surface area contributed by atoms with Crippen molar-refractivity contribution in [2.75, 3.05) is 0 Å². The molecular weight excluding hydrogens is 196 g/mol. The molecule has 76 valence electrons. The smallest absolute Gasteiger partial charge is 0.188 e. The summed E-state index contributed by atoms with van der Waals surface area (Å²) in [6, 6.07) is 3.38. The Hall–Kier alpha value is -2.44. The van der Waals surface area contributed by atoms with Crippen LogP contribution in [0.2, 0.25) is 0 Å². The van der Waals surface area contributed by atoms with Gasteiger partial charge < -0.3 is 10.9 Å². The molecular formula is C8H8N6O. The van der Waals surface area contributed by atoms with E-state index in [1.54, 1.807) is 29.3 Å². The number of nitrogens with zero attached hydrogens (tertiary/aromatic N) is 5. The molecule has 2 aromatic rings. The SMILES string of the molecule is N/C(=N/O)c1ccc(-n2cncn2)cn1. The molecule has 0 aromatic carbocycles. The highest BCUT2D eigenvalue weighted by Gasteiger charge is 2.01. The summed E-state index contributed by atoms with van der Waals surface area (Å²) in [7, 11) is 0. The number of hydrogen-bond acceptors (Lipinski definition) is 5. The number of oxime groups is 1. The molecule has 0 radical (unpaired) electrons. The lowest BCUT2D eigenvalue weighted by Crippen LogP contribution is -2.14. The first kappa shape index (κ1) is 9.13. The summed E-state index contributed by atoms with van der Waals surface area (Å²) in [5.41, 5.74) is 6.52. The molecule has 0 atom stereocenters. The Bertz CT molecular complexity index is 460. The van der Waals surface area contributed by atoms with E-state index in [0.717, 1.165) is 5.69 Å². The summed E-state index contributed by atoms with van der Waals surface area (Å²) < 4.78 is 1.56. The number of pyridine rings is 1. The van der Waals surface area contributed by atoms with Crippen LogP contribution < -0.4 is 5.73 Å². The van der Waals surface area contributed by atoms with Crippen LogP contribution in [0.5, 0.6) is 0 Å². The highest BCUT2D eigenvalue weighted by atomic mass is 16.4. The Morgan fingerprint density at radius 2 is 2.33 bits per heavy atom. The average Bonchev–Trinajstić information content (AvgIpc) is 2.82. The van der Waals surface area contributed by atoms with Crippen molar-refractivity contribution < 1.29 is 5.21 Å². The van der Waals surface area contributed by atoms with Gasteiger partial charge in [-0.1, -0.05) is 5.16 Å². The molecule has 0 spiro atoms. The first-order chi connectivity index (χ1) is 7.31. The standard InChI is InChI=1S/C8H8N6O/c9-8(13-15)7-2-1-6(3-11-7)14-5-10-4-12-14/h1-5,15H,(H2,9,13). The fourth-order valence-corrected chi connectivity index (χ4v) is 1.07. The van der Waals surface area contributed by atoms with E-state index in [1.807, 2.05) is 0 Å². The van der Waals surface area contributed by atoms with Crippen molar-refractivity contribution in [3.05, 3.63) is 36.7 Å². The van der Waals surface area contributed by atoms with Crippen molar-refractivity contribution in [3.63, 3.8) is 0 Å². The van der Waals surface area contributed by atoms with Crippen LogP contribution in [0.3, 0.4) is 0 Å². The number of amidine groups is 1. The maximum absolute atomic E-state index is 8.44. The lowest BCUT2D eigenvalue weighted by Gasteiger charge is -2.00. The monoisotopic (exact) mass is 204 g/mol. The van der Waals surface area contributed by atoms with Gasteiger partial charge in [-0.2, -0.15) is 5.10 Å². The summed E-state index contributed by atoms with van der Waals surface area (Å²) in [5, 5.41) is 15.2. The molecule has 3 N–H and O–H groups in total. The van der Waals surface area contributed by atoms with Gasteiger partial charge in [-0.15, -0.1) is 0 Å². The third kappa shape index (κ3) is 1.75. The van der Waals surface area contributed by atoms with Gasteiger partial charge >= 0.3 is 0 Å². The molecule has 0 amide bonds. The zero-order chi connectivity index (χ0) is 10.7. The second-order valence-electron chi connectivity index (χ2n) is 2.73. The Balaban J connectivity index is 2.33. The zero-order valence-electron chi connectivity index (χ0n) is 7.65.